The van der Waals surface area contributed by atoms with E-state index in [0.29, 0.717) is 6.04 Å². The minimum Gasteiger partial charge on any atom is -0.342 e. The van der Waals surface area contributed by atoms with Crippen LogP contribution in [0.15, 0.2) is 30.5 Å². The molecule has 0 fully saturated rings. The minimum atomic E-state index is 0.140. The summed E-state index contributed by atoms with van der Waals surface area (Å²) in [6.07, 6.45) is 2.03. The maximum absolute atomic E-state index is 6.27. The topological polar surface area (TPSA) is 17.0 Å². The highest BCUT2D eigenvalue weighted by Gasteiger charge is 2.14. The lowest BCUT2D eigenvalue weighted by Gasteiger charge is -2.24. The van der Waals surface area contributed by atoms with Gasteiger partial charge in [0.2, 0.25) is 0 Å². The van der Waals surface area contributed by atoms with E-state index in [2.05, 4.69) is 55.8 Å². The molecule has 1 aromatic carbocycles. The first-order valence-corrected chi connectivity index (χ1v) is 6.76. The Labute approximate surface area is 114 Å². The monoisotopic (exact) mass is 264 g/mol. The fourth-order valence-electron chi connectivity index (χ4n) is 2.08. The summed E-state index contributed by atoms with van der Waals surface area (Å²) in [5, 5.41) is 5.48. The molecule has 3 heteroatoms. The predicted octanol–water partition coefficient (Wildman–Crippen LogP) is 4.24. The van der Waals surface area contributed by atoms with Crippen molar-refractivity contribution >= 4 is 22.5 Å². The molecule has 2 nitrogen and oxygen atoms in total. The lowest BCUT2D eigenvalue weighted by molar-refractivity contribution is 0.383. The van der Waals surface area contributed by atoms with Crippen LogP contribution in [0.1, 0.15) is 33.7 Å². The molecular weight excluding hydrogens is 244 g/mol. The lowest BCUT2D eigenvalue weighted by atomic mass is 10.1. The summed E-state index contributed by atoms with van der Waals surface area (Å²) < 4.78 is 2.25. The summed E-state index contributed by atoms with van der Waals surface area (Å²) in [4.78, 5) is 0. The van der Waals surface area contributed by atoms with Gasteiger partial charge in [0.1, 0.15) is 0 Å². The number of hydrogen-bond donors (Lipinski definition) is 1. The molecule has 0 radical (unpaired) electrons. The second-order valence-corrected chi connectivity index (χ2v) is 6.29. The fraction of sp³-hybridized carbons (Fsp3) is 0.467. The smallest absolute Gasteiger partial charge is 0.0661 e. The van der Waals surface area contributed by atoms with Crippen LogP contribution in [0.5, 0.6) is 0 Å². The van der Waals surface area contributed by atoms with E-state index in [-0.39, 0.29) is 5.54 Å². The number of para-hydroxylation sites is 1. The summed E-state index contributed by atoms with van der Waals surface area (Å²) in [7, 11) is 0. The van der Waals surface area contributed by atoms with Crippen molar-refractivity contribution in [2.24, 2.45) is 0 Å². The van der Waals surface area contributed by atoms with Crippen molar-refractivity contribution in [1.82, 2.24) is 9.88 Å². The second-order valence-electron chi connectivity index (χ2n) is 5.88. The van der Waals surface area contributed by atoms with Gasteiger partial charge in [-0.25, -0.2) is 0 Å². The summed E-state index contributed by atoms with van der Waals surface area (Å²) in [5.41, 5.74) is 1.34. The van der Waals surface area contributed by atoms with Gasteiger partial charge in [-0.05, 0) is 33.8 Å². The number of aromatic nitrogens is 1. The molecule has 0 aliphatic carbocycles. The molecule has 2 aromatic rings. The molecule has 0 aliphatic rings. The largest absolute Gasteiger partial charge is 0.342 e. The van der Waals surface area contributed by atoms with Crippen molar-refractivity contribution in [3.05, 3.63) is 35.5 Å². The number of hydrogen-bond acceptors (Lipinski definition) is 1. The van der Waals surface area contributed by atoms with E-state index in [1.807, 2.05) is 12.3 Å². The van der Waals surface area contributed by atoms with Gasteiger partial charge in [-0.3, -0.25) is 0 Å². The van der Waals surface area contributed by atoms with Crippen LogP contribution in [0, 0.1) is 0 Å². The zero-order valence-electron chi connectivity index (χ0n) is 11.5. The second kappa shape index (κ2) is 4.94. The van der Waals surface area contributed by atoms with Crippen LogP contribution in [0.2, 0.25) is 5.02 Å². The van der Waals surface area contributed by atoms with Crippen molar-refractivity contribution in [3.8, 4) is 0 Å². The van der Waals surface area contributed by atoms with Gasteiger partial charge < -0.3 is 9.88 Å². The average molecular weight is 265 g/mol. The zero-order chi connectivity index (χ0) is 13.3. The molecule has 0 aliphatic heterocycles. The normalized spacial score (nSPS) is 14.1. The van der Waals surface area contributed by atoms with Gasteiger partial charge in [0, 0.05) is 35.2 Å². The van der Waals surface area contributed by atoms with Gasteiger partial charge in [0.25, 0.3) is 0 Å². The van der Waals surface area contributed by atoms with Gasteiger partial charge in [-0.1, -0.05) is 29.8 Å². The first-order valence-electron chi connectivity index (χ1n) is 6.38. The molecule has 1 N–H and O–H groups in total. The summed E-state index contributed by atoms with van der Waals surface area (Å²) in [6, 6.07) is 8.64. The molecule has 1 aromatic heterocycles. The van der Waals surface area contributed by atoms with Gasteiger partial charge in [0.05, 0.1) is 5.02 Å². The molecule has 1 heterocycles. The number of nitrogens with zero attached hydrogens (tertiary/aromatic N) is 1. The molecular formula is C15H21ClN2. The Hall–Kier alpha value is -0.990. The van der Waals surface area contributed by atoms with Gasteiger partial charge in [0.15, 0.2) is 0 Å². The van der Waals surface area contributed by atoms with Crippen LogP contribution < -0.4 is 5.32 Å². The molecule has 2 rings (SSSR count). The van der Waals surface area contributed by atoms with Crippen LogP contribution in [0.3, 0.4) is 0 Å². The van der Waals surface area contributed by atoms with Crippen LogP contribution in [-0.4, -0.2) is 16.7 Å². The number of rotatable bonds is 3. The molecule has 1 unspecified atom stereocenters. The van der Waals surface area contributed by atoms with E-state index in [1.165, 1.54) is 5.52 Å². The van der Waals surface area contributed by atoms with Gasteiger partial charge in [-0.2, -0.15) is 0 Å². The van der Waals surface area contributed by atoms with E-state index in [0.717, 1.165) is 17.0 Å². The maximum atomic E-state index is 6.27. The maximum Gasteiger partial charge on any atom is 0.0661 e. The fourth-order valence-corrected chi connectivity index (χ4v) is 2.34. The van der Waals surface area contributed by atoms with Crippen molar-refractivity contribution in [2.75, 3.05) is 6.54 Å². The van der Waals surface area contributed by atoms with Crippen LogP contribution in [-0.2, 0) is 0 Å². The standard InChI is InChI=1S/C15H21ClN2/c1-11(9-17-15(2,3)4)18-10-13(16)12-7-5-6-8-14(12)18/h5-8,10-11,17H,9H2,1-4H3. The first kappa shape index (κ1) is 13.4. The number of benzene rings is 1. The highest BCUT2D eigenvalue weighted by molar-refractivity contribution is 6.35. The average Bonchev–Trinajstić information content (AvgIpc) is 2.64. The van der Waals surface area contributed by atoms with Gasteiger partial charge in [-0.15, -0.1) is 0 Å². The van der Waals surface area contributed by atoms with Crippen LogP contribution in [0.4, 0.5) is 0 Å². The summed E-state index contributed by atoms with van der Waals surface area (Å²) in [5.74, 6) is 0. The Morgan fingerprint density at radius 3 is 2.61 bits per heavy atom. The molecule has 0 spiro atoms. The number of halogens is 1. The third-order valence-electron chi connectivity index (χ3n) is 3.09. The van der Waals surface area contributed by atoms with E-state index in [4.69, 9.17) is 11.6 Å². The first-order chi connectivity index (χ1) is 8.38. The van der Waals surface area contributed by atoms with Crippen molar-refractivity contribution in [3.63, 3.8) is 0 Å². The lowest BCUT2D eigenvalue weighted by Crippen LogP contribution is -2.39. The third-order valence-corrected chi connectivity index (χ3v) is 3.40. The minimum absolute atomic E-state index is 0.140. The predicted molar refractivity (Wildman–Crippen MR) is 79.4 cm³/mol. The molecule has 0 saturated carbocycles. The molecule has 0 saturated heterocycles. The van der Waals surface area contributed by atoms with E-state index in [1.54, 1.807) is 0 Å². The van der Waals surface area contributed by atoms with Crippen molar-refractivity contribution < 1.29 is 0 Å². The summed E-state index contributed by atoms with van der Waals surface area (Å²) in [6.45, 7) is 9.68. The molecule has 98 valence electrons. The van der Waals surface area contributed by atoms with Gasteiger partial charge >= 0.3 is 0 Å². The van der Waals surface area contributed by atoms with Crippen molar-refractivity contribution in [1.29, 1.82) is 0 Å². The van der Waals surface area contributed by atoms with E-state index < -0.39 is 0 Å². The highest BCUT2D eigenvalue weighted by atomic mass is 35.5. The van der Waals surface area contributed by atoms with Crippen molar-refractivity contribution in [2.45, 2.75) is 39.3 Å². The summed E-state index contributed by atoms with van der Waals surface area (Å²) >= 11 is 6.27. The molecule has 0 amide bonds. The highest BCUT2D eigenvalue weighted by Crippen LogP contribution is 2.28. The Kier molecular flexibility index (Phi) is 3.69. The molecule has 0 bridgehead atoms. The Morgan fingerprint density at radius 2 is 1.94 bits per heavy atom. The third kappa shape index (κ3) is 2.88. The Balaban J connectivity index is 2.25. The quantitative estimate of drug-likeness (QED) is 0.877. The zero-order valence-corrected chi connectivity index (χ0v) is 12.3. The van der Waals surface area contributed by atoms with E-state index in [9.17, 15) is 0 Å². The van der Waals surface area contributed by atoms with Crippen LogP contribution in [0.25, 0.3) is 10.9 Å². The molecule has 1 atom stereocenters. The Bertz CT molecular complexity index is 537. The van der Waals surface area contributed by atoms with E-state index >= 15 is 0 Å². The van der Waals surface area contributed by atoms with Crippen LogP contribution >= 0.6 is 11.6 Å². The molecule has 18 heavy (non-hydrogen) atoms. The SMILES string of the molecule is CC(CNC(C)(C)C)n1cc(Cl)c2ccccc21. The number of nitrogens with one attached hydrogen (secondary N) is 1. The number of fused-ring (bicyclic) bond motifs is 1. The Morgan fingerprint density at radius 1 is 1.28 bits per heavy atom.